The summed E-state index contributed by atoms with van der Waals surface area (Å²) in [6, 6.07) is 9.73. The molecule has 80 valence electrons. The summed E-state index contributed by atoms with van der Waals surface area (Å²) in [5.41, 5.74) is 1.03. The first-order chi connectivity index (χ1) is 7.22. The Hall–Kier alpha value is -1.61. The summed E-state index contributed by atoms with van der Waals surface area (Å²) in [5, 5.41) is 0. The van der Waals surface area contributed by atoms with Crippen LogP contribution in [0.25, 0.3) is 6.08 Å². The fourth-order valence-corrected chi connectivity index (χ4v) is 1.08. The molecule has 0 fully saturated rings. The molecule has 0 aliphatic heterocycles. The van der Waals surface area contributed by atoms with E-state index in [0.717, 1.165) is 5.56 Å². The lowest BCUT2D eigenvalue weighted by atomic mass is 10.2. The van der Waals surface area contributed by atoms with Crippen LogP contribution in [0.2, 0.25) is 0 Å². The summed E-state index contributed by atoms with van der Waals surface area (Å²) in [6.07, 6.45) is 2.91. The molecule has 1 atom stereocenters. The topological polar surface area (TPSA) is 35.5 Å². The van der Waals surface area contributed by atoms with Crippen molar-refractivity contribution in [1.29, 1.82) is 0 Å². The van der Waals surface area contributed by atoms with Gasteiger partial charge in [0.25, 0.3) is 0 Å². The van der Waals surface area contributed by atoms with Crippen LogP contribution in [-0.4, -0.2) is 19.4 Å². The number of esters is 1. The maximum absolute atomic E-state index is 10.7. The Kier molecular flexibility index (Phi) is 4.57. The zero-order valence-corrected chi connectivity index (χ0v) is 8.84. The fourth-order valence-electron chi connectivity index (χ4n) is 1.08. The van der Waals surface area contributed by atoms with Crippen LogP contribution in [0.1, 0.15) is 12.5 Å². The zero-order valence-electron chi connectivity index (χ0n) is 8.84. The Bertz CT molecular complexity index is 330. The van der Waals surface area contributed by atoms with Crippen LogP contribution in [0.15, 0.2) is 36.4 Å². The third-order valence-electron chi connectivity index (χ3n) is 1.76. The lowest BCUT2D eigenvalue weighted by Crippen LogP contribution is -2.15. The van der Waals surface area contributed by atoms with E-state index in [9.17, 15) is 4.79 Å². The first-order valence-corrected chi connectivity index (χ1v) is 4.65. The highest BCUT2D eigenvalue weighted by Gasteiger charge is 2.04. The molecule has 0 amide bonds. The van der Waals surface area contributed by atoms with Crippen molar-refractivity contribution in [2.24, 2.45) is 0 Å². The lowest BCUT2D eigenvalue weighted by molar-refractivity contribution is -0.161. The van der Waals surface area contributed by atoms with Crippen molar-refractivity contribution < 1.29 is 14.3 Å². The second-order valence-corrected chi connectivity index (χ2v) is 2.98. The Morgan fingerprint density at radius 3 is 2.53 bits per heavy atom. The second kappa shape index (κ2) is 5.98. The molecular formula is C12H14O3. The normalized spacial score (nSPS) is 12.7. The number of methoxy groups -OCH3 is 1. The van der Waals surface area contributed by atoms with Crippen LogP contribution in [0.4, 0.5) is 0 Å². The van der Waals surface area contributed by atoms with Crippen LogP contribution < -0.4 is 0 Å². The maximum atomic E-state index is 10.7. The van der Waals surface area contributed by atoms with Gasteiger partial charge in [0.05, 0.1) is 0 Å². The summed E-state index contributed by atoms with van der Waals surface area (Å²) in [6.45, 7) is 1.35. The predicted molar refractivity (Wildman–Crippen MR) is 58.0 cm³/mol. The molecule has 1 aromatic carbocycles. The van der Waals surface area contributed by atoms with E-state index in [1.54, 1.807) is 6.08 Å². The van der Waals surface area contributed by atoms with E-state index in [4.69, 9.17) is 9.47 Å². The first kappa shape index (κ1) is 11.5. The highest BCUT2D eigenvalue weighted by Crippen LogP contribution is 2.04. The number of benzene rings is 1. The molecule has 0 spiro atoms. The smallest absolute Gasteiger partial charge is 0.305 e. The van der Waals surface area contributed by atoms with Gasteiger partial charge < -0.3 is 9.47 Å². The van der Waals surface area contributed by atoms with Gasteiger partial charge in [-0.3, -0.25) is 4.79 Å². The van der Waals surface area contributed by atoms with Crippen LogP contribution >= 0.6 is 0 Å². The molecule has 0 aliphatic carbocycles. The van der Waals surface area contributed by atoms with Crippen molar-refractivity contribution in [3.63, 3.8) is 0 Å². The molecule has 1 rings (SSSR count). The molecule has 0 aliphatic rings. The summed E-state index contributed by atoms with van der Waals surface area (Å²) in [7, 11) is 1.49. The lowest BCUT2D eigenvalue weighted by Gasteiger charge is -2.09. The van der Waals surface area contributed by atoms with Gasteiger partial charge in [-0.25, -0.2) is 0 Å². The van der Waals surface area contributed by atoms with Gasteiger partial charge in [0, 0.05) is 14.0 Å². The number of hydrogen-bond acceptors (Lipinski definition) is 3. The second-order valence-electron chi connectivity index (χ2n) is 2.98. The SMILES string of the molecule is COC(C=Cc1ccccc1)OC(C)=O. The Labute approximate surface area is 89.3 Å². The minimum atomic E-state index is -0.622. The van der Waals surface area contributed by atoms with E-state index in [-0.39, 0.29) is 5.97 Å². The maximum Gasteiger partial charge on any atom is 0.305 e. The third-order valence-corrected chi connectivity index (χ3v) is 1.76. The standard InChI is InChI=1S/C12H14O3/c1-10(13)15-12(14-2)9-8-11-6-4-3-5-7-11/h3-9,12H,1-2H3. The number of carbonyl (C=O) groups excluding carboxylic acids is 1. The molecule has 3 nitrogen and oxygen atoms in total. The van der Waals surface area contributed by atoms with E-state index in [2.05, 4.69) is 0 Å². The third kappa shape index (κ3) is 4.42. The van der Waals surface area contributed by atoms with Gasteiger partial charge in [-0.2, -0.15) is 0 Å². The number of carbonyl (C=O) groups is 1. The number of ether oxygens (including phenoxy) is 2. The van der Waals surface area contributed by atoms with Gasteiger partial charge in [-0.05, 0) is 11.6 Å². The van der Waals surface area contributed by atoms with Gasteiger partial charge >= 0.3 is 5.97 Å². The molecule has 15 heavy (non-hydrogen) atoms. The molecule has 0 aromatic heterocycles. The predicted octanol–water partition coefficient (Wildman–Crippen LogP) is 2.24. The van der Waals surface area contributed by atoms with Crippen molar-refractivity contribution in [3.8, 4) is 0 Å². The van der Waals surface area contributed by atoms with E-state index < -0.39 is 6.29 Å². The largest absolute Gasteiger partial charge is 0.432 e. The van der Waals surface area contributed by atoms with Gasteiger partial charge in [-0.1, -0.05) is 36.4 Å². The zero-order chi connectivity index (χ0) is 11.1. The van der Waals surface area contributed by atoms with Crippen molar-refractivity contribution in [2.45, 2.75) is 13.2 Å². The van der Waals surface area contributed by atoms with E-state index in [1.165, 1.54) is 14.0 Å². The average Bonchev–Trinajstić information content (AvgIpc) is 2.25. The van der Waals surface area contributed by atoms with Gasteiger partial charge in [0.1, 0.15) is 0 Å². The molecule has 0 saturated carbocycles. The number of hydrogen-bond donors (Lipinski definition) is 0. The van der Waals surface area contributed by atoms with Gasteiger partial charge in [0.15, 0.2) is 0 Å². The van der Waals surface area contributed by atoms with Gasteiger partial charge in [0.2, 0.25) is 6.29 Å². The molecule has 0 saturated heterocycles. The Balaban J connectivity index is 2.58. The van der Waals surface area contributed by atoms with Crippen LogP contribution in [0, 0.1) is 0 Å². The van der Waals surface area contributed by atoms with Crippen molar-refractivity contribution in [1.82, 2.24) is 0 Å². The minimum Gasteiger partial charge on any atom is -0.432 e. The monoisotopic (exact) mass is 206 g/mol. The van der Waals surface area contributed by atoms with Crippen LogP contribution in [0.3, 0.4) is 0 Å². The highest BCUT2D eigenvalue weighted by atomic mass is 16.7. The molecule has 1 aromatic rings. The molecule has 3 heteroatoms. The van der Waals surface area contributed by atoms with E-state index in [0.29, 0.717) is 0 Å². The summed E-state index contributed by atoms with van der Waals surface area (Å²) < 4.78 is 9.83. The first-order valence-electron chi connectivity index (χ1n) is 4.65. The average molecular weight is 206 g/mol. The molecular weight excluding hydrogens is 192 g/mol. The summed E-state index contributed by atoms with van der Waals surface area (Å²) in [5.74, 6) is -0.362. The number of rotatable bonds is 4. The van der Waals surface area contributed by atoms with Crippen LogP contribution in [-0.2, 0) is 14.3 Å². The quantitative estimate of drug-likeness (QED) is 0.559. The van der Waals surface area contributed by atoms with Crippen molar-refractivity contribution in [3.05, 3.63) is 42.0 Å². The van der Waals surface area contributed by atoms with E-state index >= 15 is 0 Å². The molecule has 1 unspecified atom stereocenters. The molecule has 0 N–H and O–H groups in total. The van der Waals surface area contributed by atoms with Crippen LogP contribution in [0.5, 0.6) is 0 Å². The minimum absolute atomic E-state index is 0.362. The summed E-state index contributed by atoms with van der Waals surface area (Å²) in [4.78, 5) is 10.7. The van der Waals surface area contributed by atoms with E-state index in [1.807, 2.05) is 36.4 Å². The summed E-state index contributed by atoms with van der Waals surface area (Å²) >= 11 is 0. The fraction of sp³-hybridized carbons (Fsp3) is 0.250. The highest BCUT2D eigenvalue weighted by molar-refractivity contribution is 5.66. The molecule has 0 radical (unpaired) electrons. The Morgan fingerprint density at radius 1 is 1.33 bits per heavy atom. The Morgan fingerprint density at radius 2 is 2.00 bits per heavy atom. The van der Waals surface area contributed by atoms with Crippen molar-refractivity contribution >= 4 is 12.0 Å². The van der Waals surface area contributed by atoms with Crippen molar-refractivity contribution in [2.75, 3.05) is 7.11 Å². The molecule has 0 bridgehead atoms. The molecule has 0 heterocycles. The van der Waals surface area contributed by atoms with Gasteiger partial charge in [-0.15, -0.1) is 0 Å².